The third-order valence-electron chi connectivity index (χ3n) is 7.98. The van der Waals surface area contributed by atoms with Crippen LogP contribution in [0.2, 0.25) is 0 Å². The number of aliphatic hydroxyl groups is 4. The van der Waals surface area contributed by atoms with Crippen LogP contribution in [0.15, 0.2) is 124 Å². The first-order valence-corrected chi connectivity index (χ1v) is 22.0. The Morgan fingerprint density at radius 2 is 0.987 bits per heavy atom. The molecule has 1 saturated heterocycles. The van der Waals surface area contributed by atoms with Gasteiger partial charge in [-0.3, -0.25) is 18.8 Å². The van der Waals surface area contributed by atoms with Gasteiger partial charge in [-0.1, -0.05) is 22.3 Å². The number of aryl methyl sites for hydroxylation is 3. The highest BCUT2D eigenvalue weighted by atomic mass is 19.1. The molecule has 8 heterocycles. The van der Waals surface area contributed by atoms with Gasteiger partial charge in [-0.25, -0.2) is 19.2 Å². The van der Waals surface area contributed by atoms with E-state index in [1.54, 1.807) is 36.6 Å². The second-order valence-electron chi connectivity index (χ2n) is 14.3. The molecule has 0 saturated carbocycles. The van der Waals surface area contributed by atoms with Crippen LogP contribution < -0.4 is 0 Å². The summed E-state index contributed by atoms with van der Waals surface area (Å²) >= 11 is 0. The highest BCUT2D eigenvalue weighted by Gasteiger charge is 2.16. The van der Waals surface area contributed by atoms with E-state index in [9.17, 15) is 38.0 Å². The lowest BCUT2D eigenvalue weighted by atomic mass is 10.2. The summed E-state index contributed by atoms with van der Waals surface area (Å²) in [5, 5.41) is 65.2. The van der Waals surface area contributed by atoms with E-state index < -0.39 is 29.8 Å². The lowest BCUT2D eigenvalue weighted by Crippen LogP contribution is -2.01. The third-order valence-corrected chi connectivity index (χ3v) is 7.98. The fraction of sp³-hybridized carbons (Fsp3) is 0.370. The topological polar surface area (TPSA) is 396 Å². The maximum atomic E-state index is 10.2. The molecule has 8 N–H and O–H groups in total. The number of esters is 2. The molecule has 2 aliphatic heterocycles. The number of rotatable bonds is 10. The van der Waals surface area contributed by atoms with E-state index in [1.807, 2.05) is 45.0 Å². The zero-order valence-corrected chi connectivity index (χ0v) is 42.7. The number of aromatic carboxylic acids is 2. The van der Waals surface area contributed by atoms with Gasteiger partial charge < -0.3 is 81.6 Å². The van der Waals surface area contributed by atoms with Crippen LogP contribution in [0.5, 0.6) is 0 Å². The molecular weight excluding hydrogens is 1050 g/mol. The van der Waals surface area contributed by atoms with Crippen LogP contribution in [0.3, 0.4) is 0 Å². The number of carboxylic acids is 3. The monoisotopic (exact) mass is 1130 g/mol. The molecule has 6 aromatic rings. The number of alkyl halides is 1. The summed E-state index contributed by atoms with van der Waals surface area (Å²) in [6, 6.07) is 19.7. The summed E-state index contributed by atoms with van der Waals surface area (Å²) in [6.07, 6.45) is 9.61. The van der Waals surface area contributed by atoms with Crippen molar-refractivity contribution in [2.75, 3.05) is 7.18 Å². The predicted octanol–water partition coefficient (Wildman–Crippen LogP) is 9.62. The van der Waals surface area contributed by atoms with Crippen LogP contribution in [0.4, 0.5) is 4.39 Å². The minimum Gasteiger partial charge on any atom is -0.483 e. The maximum Gasteiger partial charge on any atom is 0.371 e. The molecule has 0 amide bonds. The standard InChI is InChI=1S/C6H4O5.C6H8O3.C6H6O3.C6H12O.C6H8O.C5H8O3.C5H6O2.C5H6O.C4H2O3.CH3F.CH2O2.3CH4/c7-5(8)3-1-2-4(11-3)6(9)10;2*7-3-5-1-2-6(4-8)9-5;2*1-5-3-4-6(2)7-5;1-4(6)2-3-5(7)8;6-4-5-2-1-3-7-5;1-5-3-2-4-6-5;5-3-1-2-4(6)7-3;1-2;2-1-3;;;/h1-2H,(H,7,8)(H,9,10);1-2,7-8H,3-4H2;1-3,8H,4H2;5-6H,3-4H2,1-2H3;3-4H,1-2H3;2-3H2,1H3,(H,7,8);1-3,6H,4H2;2-4H,1H3;1-2H;1H3;1H,(H,2,3);3*1H4. The molecule has 8 rings (SSSR count). The van der Waals surface area contributed by atoms with Crippen molar-refractivity contribution in [3.05, 3.63) is 155 Å². The van der Waals surface area contributed by atoms with Gasteiger partial charge in [0, 0.05) is 18.6 Å². The van der Waals surface area contributed by atoms with Crippen molar-refractivity contribution < 1.29 is 120 Å². The zero-order valence-electron chi connectivity index (χ0n) is 42.7. The quantitative estimate of drug-likeness (QED) is 0.0359. The van der Waals surface area contributed by atoms with Gasteiger partial charge in [-0.15, -0.1) is 0 Å². The van der Waals surface area contributed by atoms with Crippen molar-refractivity contribution in [1.29, 1.82) is 0 Å². The molecule has 24 nitrogen and oxygen atoms in total. The van der Waals surface area contributed by atoms with Crippen molar-refractivity contribution in [2.24, 2.45) is 0 Å². The summed E-state index contributed by atoms with van der Waals surface area (Å²) in [4.78, 5) is 78.3. The Hall–Kier alpha value is -8.49. The molecule has 0 spiro atoms. The van der Waals surface area contributed by atoms with Gasteiger partial charge in [-0.2, -0.15) is 0 Å². The predicted molar refractivity (Wildman–Crippen MR) is 282 cm³/mol. The highest BCUT2D eigenvalue weighted by Crippen LogP contribution is 2.17. The SMILES string of the molecule is C.C.C.CC(=O)CCC(=O)O.CC1CCC(C)O1.CF.Cc1ccc(C)o1.Cc1ccco1.O=C(O)c1ccc(C(=O)O)o1.O=C1C=CC(=O)O1.O=CO.O=Cc1ccc(CO)o1.OCc1ccc(CO)o1.OCc1ccco1. The second-order valence-corrected chi connectivity index (χ2v) is 14.3. The summed E-state index contributed by atoms with van der Waals surface area (Å²) in [7, 11) is 0.500. The molecule has 6 aromatic heterocycles. The fourth-order valence-electron chi connectivity index (χ4n) is 4.61. The summed E-state index contributed by atoms with van der Waals surface area (Å²) in [6.45, 7) is 10.8. The average Bonchev–Trinajstić information content (AvgIpc) is 4.25. The van der Waals surface area contributed by atoms with Gasteiger partial charge in [0.1, 0.15) is 72.5 Å². The Labute approximate surface area is 457 Å². The van der Waals surface area contributed by atoms with Crippen molar-refractivity contribution in [3.8, 4) is 0 Å². The fourth-order valence-corrected chi connectivity index (χ4v) is 4.61. The number of aliphatic hydroxyl groups excluding tert-OH is 4. The lowest BCUT2D eigenvalue weighted by Gasteiger charge is -2.01. The van der Waals surface area contributed by atoms with Crippen LogP contribution in [0, 0.1) is 20.8 Å². The summed E-state index contributed by atoms with van der Waals surface area (Å²) < 4.78 is 47.5. The molecule has 0 aliphatic carbocycles. The number of cyclic esters (lactones) is 2. The first-order chi connectivity index (χ1) is 36.1. The van der Waals surface area contributed by atoms with Gasteiger partial charge in [0.15, 0.2) is 12.0 Å². The Bertz CT molecular complexity index is 2390. The average molecular weight is 1130 g/mol. The smallest absolute Gasteiger partial charge is 0.371 e. The number of Topliss-reactive ketones (excluding diaryl/α,β-unsaturated/α-hetero) is 1. The van der Waals surface area contributed by atoms with Crippen LogP contribution in [0.25, 0.3) is 0 Å². The number of furan rings is 6. The van der Waals surface area contributed by atoms with E-state index in [0.717, 1.165) is 41.6 Å². The minimum atomic E-state index is -1.28. The first-order valence-electron chi connectivity index (χ1n) is 22.0. The van der Waals surface area contributed by atoms with E-state index in [1.165, 1.54) is 32.1 Å². The van der Waals surface area contributed by atoms with E-state index in [0.29, 0.717) is 48.7 Å². The number of aliphatic carboxylic acids is 1. The number of ketones is 1. The number of aldehydes is 1. The first kappa shape index (κ1) is 81.9. The molecule has 0 bridgehead atoms. The van der Waals surface area contributed by atoms with Crippen molar-refractivity contribution in [1.82, 2.24) is 0 Å². The van der Waals surface area contributed by atoms with Crippen LogP contribution in [0.1, 0.15) is 141 Å². The Kier molecular flexibility index (Phi) is 53.5. The molecule has 444 valence electrons. The Morgan fingerprint density at radius 1 is 0.570 bits per heavy atom. The van der Waals surface area contributed by atoms with E-state index in [4.69, 9.17) is 72.5 Å². The van der Waals surface area contributed by atoms with Gasteiger partial charge >= 0.3 is 29.8 Å². The Balaban J connectivity index is -0.000000188. The minimum absolute atomic E-state index is 0. The number of hydrogen-bond donors (Lipinski definition) is 8. The molecule has 79 heavy (non-hydrogen) atoms. The summed E-state index contributed by atoms with van der Waals surface area (Å²) in [5.41, 5.74) is 0. The van der Waals surface area contributed by atoms with Crippen molar-refractivity contribution >= 4 is 48.4 Å². The lowest BCUT2D eigenvalue weighted by molar-refractivity contribution is -0.150. The van der Waals surface area contributed by atoms with E-state index >= 15 is 0 Å². The Morgan fingerprint density at radius 3 is 1.16 bits per heavy atom. The molecule has 0 radical (unpaired) electrons. The second kappa shape index (κ2) is 51.6. The van der Waals surface area contributed by atoms with Crippen LogP contribution >= 0.6 is 0 Å². The molecule has 2 atom stereocenters. The molecule has 2 unspecified atom stereocenters. The number of halogens is 1. The molecule has 1 fully saturated rings. The maximum absolute atomic E-state index is 10.2. The van der Waals surface area contributed by atoms with Gasteiger partial charge in [0.25, 0.3) is 6.47 Å². The number of ether oxygens (including phenoxy) is 2. The number of carbonyl (C=O) groups is 8. The molecule has 25 heteroatoms. The highest BCUT2D eigenvalue weighted by molar-refractivity contribution is 6.04. The van der Waals surface area contributed by atoms with Gasteiger partial charge in [-0.05, 0) is 127 Å². The van der Waals surface area contributed by atoms with Gasteiger partial charge in [0.05, 0.1) is 38.3 Å². The van der Waals surface area contributed by atoms with E-state index in [2.05, 4.69) is 23.0 Å². The van der Waals surface area contributed by atoms with Crippen LogP contribution in [-0.4, -0.2) is 109 Å². The van der Waals surface area contributed by atoms with Crippen LogP contribution in [-0.2, 0) is 59.9 Å². The zero-order chi connectivity index (χ0) is 58.4. The van der Waals surface area contributed by atoms with Gasteiger partial charge in [0.2, 0.25) is 11.5 Å². The number of carboxylic acid groups (broad SMARTS) is 4. The molecule has 2 aliphatic rings. The normalized spacial score (nSPS) is 12.3. The number of hydrogen-bond acceptors (Lipinski definition) is 20. The van der Waals surface area contributed by atoms with Crippen molar-refractivity contribution in [3.63, 3.8) is 0 Å². The largest absolute Gasteiger partial charge is 0.483 e. The number of carbonyl (C=O) groups excluding carboxylic acids is 4. The molecular formula is C54H77FO24. The van der Waals surface area contributed by atoms with E-state index in [-0.39, 0.29) is 91.1 Å². The van der Waals surface area contributed by atoms with Crippen molar-refractivity contribution in [2.45, 2.75) is 128 Å². The third kappa shape index (κ3) is 46.5. The summed E-state index contributed by atoms with van der Waals surface area (Å²) in [5.74, 6) is -0.276. The molecule has 0 aromatic carbocycles.